The molecule has 0 aromatic rings. The highest BCUT2D eigenvalue weighted by Crippen LogP contribution is 2.27. The molecule has 1 fully saturated rings. The number of aliphatic hydroxyl groups excluding tert-OH is 2. The van der Waals surface area contributed by atoms with Crippen LogP contribution in [0.3, 0.4) is 0 Å². The van der Waals surface area contributed by atoms with Gasteiger partial charge in [0, 0.05) is 0 Å². The van der Waals surface area contributed by atoms with E-state index in [1.165, 1.54) is 6.92 Å². The Labute approximate surface area is 59.8 Å². The predicted octanol–water partition coefficient (Wildman–Crippen LogP) is -2.06. The summed E-state index contributed by atoms with van der Waals surface area (Å²) >= 11 is 0. The van der Waals surface area contributed by atoms with E-state index in [1.807, 2.05) is 0 Å². The van der Waals surface area contributed by atoms with Crippen LogP contribution in [-0.2, 0) is 4.74 Å². The average Bonchev–Trinajstić information content (AvgIpc) is 1.97. The molecule has 0 aromatic heterocycles. The smallest absolute Gasteiger partial charge is 0.183 e. The third kappa shape index (κ3) is 0.951. The van der Waals surface area contributed by atoms with E-state index in [0.29, 0.717) is 0 Å². The fraction of sp³-hybridized carbons (Fsp3) is 1.00. The van der Waals surface area contributed by atoms with E-state index in [9.17, 15) is 5.11 Å². The van der Waals surface area contributed by atoms with E-state index < -0.39 is 24.0 Å². The van der Waals surface area contributed by atoms with E-state index in [0.717, 1.165) is 0 Å². The Balaban J connectivity index is 2.75. The Bertz CT molecular complexity index is 138. The van der Waals surface area contributed by atoms with Crippen LogP contribution in [0.1, 0.15) is 6.92 Å². The van der Waals surface area contributed by atoms with Crippen molar-refractivity contribution in [2.75, 3.05) is 0 Å². The van der Waals surface area contributed by atoms with Crippen molar-refractivity contribution in [2.45, 2.75) is 30.9 Å². The van der Waals surface area contributed by atoms with Gasteiger partial charge in [-0.05, 0) is 6.92 Å². The van der Waals surface area contributed by atoms with Gasteiger partial charge in [-0.15, -0.1) is 0 Å². The highest BCUT2D eigenvalue weighted by atomic mass is 16.6. The molecule has 56 valence electrons. The molecule has 1 aliphatic rings. The van der Waals surface area contributed by atoms with Gasteiger partial charge < -0.3 is 20.1 Å². The maximum atomic E-state index is 9.24. The second-order valence-corrected chi connectivity index (χ2v) is 2.62. The summed E-state index contributed by atoms with van der Waals surface area (Å²) in [5.41, 5.74) is -1.56. The van der Waals surface area contributed by atoms with Gasteiger partial charge >= 0.3 is 0 Å². The summed E-state index contributed by atoms with van der Waals surface area (Å²) in [7, 11) is 5.20. The highest BCUT2D eigenvalue weighted by Gasteiger charge is 2.48. The van der Waals surface area contributed by atoms with Gasteiger partial charge in [-0.25, -0.2) is 0 Å². The molecule has 0 spiro atoms. The molecule has 0 aromatic carbocycles. The van der Waals surface area contributed by atoms with Crippen molar-refractivity contribution < 1.29 is 20.1 Å². The molecule has 1 heterocycles. The SMILES string of the molecule is [B][C@@H]1OC(O)[C@@H](O)[C@@]1(C)O. The molecule has 1 unspecified atom stereocenters. The molecule has 0 bridgehead atoms. The Kier molecular flexibility index (Phi) is 1.76. The number of hydrogen-bond acceptors (Lipinski definition) is 4. The second kappa shape index (κ2) is 2.20. The summed E-state index contributed by atoms with van der Waals surface area (Å²) in [5.74, 6) is 0. The third-order valence-corrected chi connectivity index (χ3v) is 1.73. The van der Waals surface area contributed by atoms with Gasteiger partial charge in [0.2, 0.25) is 0 Å². The van der Waals surface area contributed by atoms with Crippen molar-refractivity contribution in [3.05, 3.63) is 0 Å². The molecule has 1 rings (SSSR count). The van der Waals surface area contributed by atoms with Gasteiger partial charge in [-0.1, -0.05) is 0 Å². The van der Waals surface area contributed by atoms with Gasteiger partial charge in [0.1, 0.15) is 19.6 Å². The molecule has 0 aliphatic carbocycles. The summed E-state index contributed by atoms with van der Waals surface area (Å²) in [6.07, 6.45) is -2.72. The summed E-state index contributed by atoms with van der Waals surface area (Å²) in [4.78, 5) is 0. The van der Waals surface area contributed by atoms with Crippen molar-refractivity contribution in [1.82, 2.24) is 0 Å². The molecule has 0 saturated carbocycles. The molecule has 4 nitrogen and oxygen atoms in total. The fourth-order valence-corrected chi connectivity index (χ4v) is 0.819. The van der Waals surface area contributed by atoms with E-state index in [4.69, 9.17) is 18.1 Å². The van der Waals surface area contributed by atoms with E-state index in [-0.39, 0.29) is 0 Å². The van der Waals surface area contributed by atoms with E-state index in [2.05, 4.69) is 4.74 Å². The minimum atomic E-state index is -1.56. The molecular formula is C5H9BO4. The standard InChI is InChI=1S/C5H9BO4/c1-5(9)2(7)3(8)10-4(5)6/h2-4,7-9H,1H3/t2-,3?,4-,5-/m1/s1. The number of hydrogen-bond donors (Lipinski definition) is 3. The van der Waals surface area contributed by atoms with Crippen molar-refractivity contribution in [3.8, 4) is 0 Å². The van der Waals surface area contributed by atoms with Crippen molar-refractivity contribution >= 4 is 7.85 Å². The number of rotatable bonds is 0. The highest BCUT2D eigenvalue weighted by molar-refractivity contribution is 6.12. The molecule has 2 radical (unpaired) electrons. The zero-order valence-electron chi connectivity index (χ0n) is 5.56. The fourth-order valence-electron chi connectivity index (χ4n) is 0.819. The topological polar surface area (TPSA) is 69.9 Å². The quantitative estimate of drug-likeness (QED) is 0.342. The summed E-state index contributed by atoms with van der Waals surface area (Å²) in [5, 5.41) is 27.0. The first-order valence-corrected chi connectivity index (χ1v) is 2.96. The normalized spacial score (nSPS) is 55.4. The minimum Gasteiger partial charge on any atom is -0.385 e. The minimum absolute atomic E-state index is 1.03. The first kappa shape index (κ1) is 8.01. The molecule has 10 heavy (non-hydrogen) atoms. The van der Waals surface area contributed by atoms with Gasteiger partial charge in [0.05, 0.1) is 6.00 Å². The lowest BCUT2D eigenvalue weighted by Crippen LogP contribution is -2.45. The molecule has 0 amide bonds. The molecule has 1 saturated heterocycles. The largest absolute Gasteiger partial charge is 0.385 e. The van der Waals surface area contributed by atoms with Gasteiger partial charge in [-0.2, -0.15) is 0 Å². The van der Waals surface area contributed by atoms with Gasteiger partial charge in [0.25, 0.3) is 0 Å². The molecule has 1 aliphatic heterocycles. The summed E-state index contributed by atoms with van der Waals surface area (Å²) in [6.45, 7) is 1.30. The Morgan fingerprint density at radius 2 is 2.00 bits per heavy atom. The molecule has 4 atom stereocenters. The Morgan fingerprint density at radius 1 is 1.50 bits per heavy atom. The summed E-state index contributed by atoms with van der Waals surface area (Å²) in [6, 6.07) is -1.03. The maximum absolute atomic E-state index is 9.24. The first-order chi connectivity index (χ1) is 4.46. The van der Waals surface area contributed by atoms with Crippen LogP contribution in [0.4, 0.5) is 0 Å². The number of ether oxygens (including phenoxy) is 1. The summed E-state index contributed by atoms with van der Waals surface area (Å²) < 4.78 is 4.52. The first-order valence-electron chi connectivity index (χ1n) is 2.96. The molecule has 5 heteroatoms. The van der Waals surface area contributed by atoms with E-state index >= 15 is 0 Å². The van der Waals surface area contributed by atoms with Crippen LogP contribution in [0.25, 0.3) is 0 Å². The Morgan fingerprint density at radius 3 is 2.10 bits per heavy atom. The van der Waals surface area contributed by atoms with Gasteiger partial charge in [-0.3, -0.25) is 0 Å². The van der Waals surface area contributed by atoms with Crippen molar-refractivity contribution in [2.24, 2.45) is 0 Å². The monoisotopic (exact) mass is 144 g/mol. The lowest BCUT2D eigenvalue weighted by Gasteiger charge is -2.23. The van der Waals surface area contributed by atoms with Crippen LogP contribution in [0.2, 0.25) is 0 Å². The van der Waals surface area contributed by atoms with Crippen LogP contribution in [0, 0.1) is 0 Å². The maximum Gasteiger partial charge on any atom is 0.183 e. The van der Waals surface area contributed by atoms with Crippen LogP contribution >= 0.6 is 0 Å². The van der Waals surface area contributed by atoms with Crippen molar-refractivity contribution in [1.29, 1.82) is 0 Å². The second-order valence-electron chi connectivity index (χ2n) is 2.62. The van der Waals surface area contributed by atoms with Gasteiger partial charge in [0.15, 0.2) is 6.29 Å². The third-order valence-electron chi connectivity index (χ3n) is 1.73. The average molecular weight is 144 g/mol. The zero-order chi connectivity index (χ0) is 7.94. The van der Waals surface area contributed by atoms with Crippen LogP contribution in [-0.4, -0.2) is 47.2 Å². The van der Waals surface area contributed by atoms with E-state index in [1.54, 1.807) is 0 Å². The zero-order valence-corrected chi connectivity index (χ0v) is 5.56. The van der Waals surface area contributed by atoms with Crippen LogP contribution in [0.5, 0.6) is 0 Å². The molecular weight excluding hydrogens is 135 g/mol. The number of aliphatic hydroxyl groups is 3. The Hall–Kier alpha value is -0.0951. The molecule has 3 N–H and O–H groups in total. The predicted molar refractivity (Wildman–Crippen MR) is 33.3 cm³/mol. The van der Waals surface area contributed by atoms with Crippen LogP contribution < -0.4 is 0 Å². The van der Waals surface area contributed by atoms with Crippen LogP contribution in [0.15, 0.2) is 0 Å². The lowest BCUT2D eigenvalue weighted by molar-refractivity contribution is -0.121. The van der Waals surface area contributed by atoms with Crippen molar-refractivity contribution in [3.63, 3.8) is 0 Å². The lowest BCUT2D eigenvalue weighted by atomic mass is 9.83.